The number of carbonyl (C=O) groups is 1. The number of carbonyl (C=O) groups excluding carboxylic acids is 1. The van der Waals surface area contributed by atoms with Gasteiger partial charge in [-0.25, -0.2) is 0 Å². The zero-order valence-corrected chi connectivity index (χ0v) is 21.0. The number of nitrogens with zero attached hydrogens (tertiary/aromatic N) is 2. The SMILES string of the molecule is CCN(CC)C(=O)c1ccc(CNC(=NC)NC(C)CCC(C)(C)C)cc1.I. The highest BCUT2D eigenvalue weighted by Crippen LogP contribution is 2.21. The molecule has 1 amide bonds. The zero-order chi connectivity index (χ0) is 20.4. The van der Waals surface area contributed by atoms with Gasteiger partial charge in [-0.2, -0.15) is 0 Å². The third-order valence-corrected chi connectivity index (χ3v) is 4.65. The van der Waals surface area contributed by atoms with Crippen LogP contribution in [-0.2, 0) is 6.54 Å². The first-order valence-electron chi connectivity index (χ1n) is 10.1. The van der Waals surface area contributed by atoms with E-state index in [9.17, 15) is 4.79 Å². The van der Waals surface area contributed by atoms with Gasteiger partial charge in [0, 0.05) is 38.3 Å². The molecule has 0 aliphatic rings. The molecular weight excluding hydrogens is 463 g/mol. The molecule has 160 valence electrons. The van der Waals surface area contributed by atoms with Gasteiger partial charge in [0.2, 0.25) is 0 Å². The van der Waals surface area contributed by atoms with Crippen LogP contribution in [0.1, 0.15) is 70.3 Å². The summed E-state index contributed by atoms with van der Waals surface area (Å²) in [4.78, 5) is 18.5. The molecule has 0 aliphatic heterocycles. The van der Waals surface area contributed by atoms with Crippen LogP contribution in [0.25, 0.3) is 0 Å². The third kappa shape index (κ3) is 9.75. The van der Waals surface area contributed by atoms with Crippen LogP contribution < -0.4 is 10.6 Å². The number of halogens is 1. The number of aliphatic imine (C=N–C) groups is 1. The number of guanidine groups is 1. The molecule has 28 heavy (non-hydrogen) atoms. The summed E-state index contributed by atoms with van der Waals surface area (Å²) in [6.45, 7) is 15.1. The van der Waals surface area contributed by atoms with Crippen molar-refractivity contribution in [2.24, 2.45) is 10.4 Å². The number of hydrogen-bond donors (Lipinski definition) is 2. The van der Waals surface area contributed by atoms with Crippen LogP contribution in [-0.4, -0.2) is 42.9 Å². The van der Waals surface area contributed by atoms with Gasteiger partial charge in [-0.15, -0.1) is 24.0 Å². The topological polar surface area (TPSA) is 56.7 Å². The summed E-state index contributed by atoms with van der Waals surface area (Å²) in [6, 6.07) is 8.17. The molecule has 0 fully saturated rings. The molecule has 0 saturated carbocycles. The molecule has 0 aliphatic carbocycles. The summed E-state index contributed by atoms with van der Waals surface area (Å²) in [5.41, 5.74) is 2.20. The summed E-state index contributed by atoms with van der Waals surface area (Å²) in [6.07, 6.45) is 2.27. The van der Waals surface area contributed by atoms with E-state index in [0.29, 0.717) is 18.0 Å². The second-order valence-corrected chi connectivity index (χ2v) is 8.24. The molecule has 0 bridgehead atoms. The fraction of sp³-hybridized carbons (Fsp3) is 0.636. The molecule has 1 aromatic carbocycles. The molecule has 5 nitrogen and oxygen atoms in total. The van der Waals surface area contributed by atoms with E-state index in [1.54, 1.807) is 7.05 Å². The largest absolute Gasteiger partial charge is 0.354 e. The van der Waals surface area contributed by atoms with E-state index < -0.39 is 0 Å². The van der Waals surface area contributed by atoms with Gasteiger partial charge in [0.05, 0.1) is 0 Å². The van der Waals surface area contributed by atoms with Crippen LogP contribution in [0.3, 0.4) is 0 Å². The molecule has 0 radical (unpaired) electrons. The number of benzene rings is 1. The van der Waals surface area contributed by atoms with Gasteiger partial charge in [0.1, 0.15) is 0 Å². The van der Waals surface area contributed by atoms with Crippen LogP contribution >= 0.6 is 24.0 Å². The Hall–Kier alpha value is -1.31. The highest BCUT2D eigenvalue weighted by Gasteiger charge is 2.14. The van der Waals surface area contributed by atoms with Crippen LogP contribution in [0, 0.1) is 5.41 Å². The molecule has 6 heteroatoms. The standard InChI is InChI=1S/C22H38N4O.HI/c1-8-26(9-2)20(27)19-12-10-18(11-13-19)16-24-21(23-7)25-17(3)14-15-22(4,5)6;/h10-13,17H,8-9,14-16H2,1-7H3,(H2,23,24,25);1H. The van der Waals surface area contributed by atoms with Crippen LogP contribution in [0.15, 0.2) is 29.3 Å². The van der Waals surface area contributed by atoms with Crippen molar-refractivity contribution >= 4 is 35.8 Å². The minimum atomic E-state index is 0. The number of nitrogens with one attached hydrogen (secondary N) is 2. The minimum absolute atomic E-state index is 0. The molecule has 1 unspecified atom stereocenters. The van der Waals surface area contributed by atoms with Crippen molar-refractivity contribution in [3.63, 3.8) is 0 Å². The lowest BCUT2D eigenvalue weighted by Crippen LogP contribution is -2.42. The van der Waals surface area contributed by atoms with Crippen molar-refractivity contribution in [2.45, 2.75) is 67.0 Å². The summed E-state index contributed by atoms with van der Waals surface area (Å²) in [7, 11) is 1.79. The molecule has 0 aromatic heterocycles. The van der Waals surface area contributed by atoms with E-state index in [2.05, 4.69) is 43.3 Å². The quantitative estimate of drug-likeness (QED) is 0.309. The second kappa shape index (κ2) is 13.0. The smallest absolute Gasteiger partial charge is 0.253 e. The Morgan fingerprint density at radius 3 is 2.18 bits per heavy atom. The molecule has 2 N–H and O–H groups in total. The van der Waals surface area contributed by atoms with E-state index >= 15 is 0 Å². The van der Waals surface area contributed by atoms with E-state index in [-0.39, 0.29) is 29.9 Å². The number of amides is 1. The van der Waals surface area contributed by atoms with Crippen LogP contribution in [0.4, 0.5) is 0 Å². The van der Waals surface area contributed by atoms with Gasteiger partial charge >= 0.3 is 0 Å². The second-order valence-electron chi connectivity index (χ2n) is 8.24. The van der Waals surface area contributed by atoms with Gasteiger partial charge in [-0.3, -0.25) is 9.79 Å². The highest BCUT2D eigenvalue weighted by atomic mass is 127. The molecule has 1 atom stereocenters. The van der Waals surface area contributed by atoms with Gasteiger partial charge < -0.3 is 15.5 Å². The molecule has 0 spiro atoms. The van der Waals surface area contributed by atoms with Crippen molar-refractivity contribution in [1.29, 1.82) is 0 Å². The fourth-order valence-electron chi connectivity index (χ4n) is 2.79. The molecule has 1 aromatic rings. The van der Waals surface area contributed by atoms with Crippen molar-refractivity contribution in [1.82, 2.24) is 15.5 Å². The molecule has 0 heterocycles. The maximum absolute atomic E-state index is 12.4. The zero-order valence-electron chi connectivity index (χ0n) is 18.6. The Labute approximate surface area is 188 Å². The maximum Gasteiger partial charge on any atom is 0.253 e. The van der Waals surface area contributed by atoms with Crippen molar-refractivity contribution in [3.05, 3.63) is 35.4 Å². The monoisotopic (exact) mass is 502 g/mol. The van der Waals surface area contributed by atoms with E-state index in [0.717, 1.165) is 36.6 Å². The normalized spacial score (nSPS) is 12.8. The molecule has 1 rings (SSSR count). The Kier molecular flexibility index (Phi) is 12.4. The van der Waals surface area contributed by atoms with E-state index in [4.69, 9.17) is 0 Å². The van der Waals surface area contributed by atoms with Gasteiger partial charge in [-0.1, -0.05) is 32.9 Å². The third-order valence-electron chi connectivity index (χ3n) is 4.65. The Bertz CT molecular complexity index is 604. The average Bonchev–Trinajstić information content (AvgIpc) is 2.64. The van der Waals surface area contributed by atoms with Crippen molar-refractivity contribution < 1.29 is 4.79 Å². The average molecular weight is 502 g/mol. The predicted molar refractivity (Wildman–Crippen MR) is 131 cm³/mol. The highest BCUT2D eigenvalue weighted by molar-refractivity contribution is 14.0. The van der Waals surface area contributed by atoms with Crippen molar-refractivity contribution in [3.8, 4) is 0 Å². The summed E-state index contributed by atoms with van der Waals surface area (Å²) < 4.78 is 0. The maximum atomic E-state index is 12.4. The van der Waals surface area contributed by atoms with Gasteiger partial charge in [0.15, 0.2) is 5.96 Å². The fourth-order valence-corrected chi connectivity index (χ4v) is 2.79. The van der Waals surface area contributed by atoms with E-state index in [1.807, 2.05) is 43.0 Å². The lowest BCUT2D eigenvalue weighted by Gasteiger charge is -2.23. The van der Waals surface area contributed by atoms with E-state index in [1.165, 1.54) is 6.42 Å². The first-order valence-corrected chi connectivity index (χ1v) is 10.1. The molecular formula is C22H39IN4O. The van der Waals surface area contributed by atoms with Crippen molar-refractivity contribution in [2.75, 3.05) is 20.1 Å². The summed E-state index contributed by atoms with van der Waals surface area (Å²) >= 11 is 0. The lowest BCUT2D eigenvalue weighted by atomic mass is 9.89. The Balaban J connectivity index is 0.00000729. The molecule has 0 saturated heterocycles. The predicted octanol–water partition coefficient (Wildman–Crippen LogP) is 4.67. The number of rotatable bonds is 8. The minimum Gasteiger partial charge on any atom is -0.354 e. The lowest BCUT2D eigenvalue weighted by molar-refractivity contribution is 0.0773. The summed E-state index contributed by atoms with van der Waals surface area (Å²) in [5, 5.41) is 6.80. The van der Waals surface area contributed by atoms with Gasteiger partial charge in [0.25, 0.3) is 5.91 Å². The van der Waals surface area contributed by atoms with Gasteiger partial charge in [-0.05, 0) is 56.7 Å². The Morgan fingerprint density at radius 2 is 1.71 bits per heavy atom. The van der Waals surface area contributed by atoms with Crippen LogP contribution in [0.5, 0.6) is 0 Å². The number of hydrogen-bond acceptors (Lipinski definition) is 2. The first-order chi connectivity index (χ1) is 12.7. The van der Waals surface area contributed by atoms with Crippen LogP contribution in [0.2, 0.25) is 0 Å². The summed E-state index contributed by atoms with van der Waals surface area (Å²) in [5.74, 6) is 0.893. The first kappa shape index (κ1) is 26.7. The Morgan fingerprint density at radius 1 is 1.14 bits per heavy atom.